The number of nitriles is 1. The maximum Gasteiger partial charge on any atom is 0.161 e. The van der Waals surface area contributed by atoms with Gasteiger partial charge in [0.2, 0.25) is 0 Å². The van der Waals surface area contributed by atoms with Crippen molar-refractivity contribution in [2.24, 2.45) is 5.92 Å². The molecule has 32 heavy (non-hydrogen) atoms. The van der Waals surface area contributed by atoms with E-state index in [4.69, 9.17) is 21.1 Å². The van der Waals surface area contributed by atoms with Gasteiger partial charge in [0.1, 0.15) is 0 Å². The highest BCUT2D eigenvalue weighted by Gasteiger charge is 2.42. The third-order valence-electron chi connectivity index (χ3n) is 6.17. The monoisotopic (exact) mass is 448 g/mol. The predicted octanol–water partition coefficient (Wildman–Crippen LogP) is 5.49. The van der Waals surface area contributed by atoms with Crippen LogP contribution in [0.15, 0.2) is 66.0 Å². The Morgan fingerprint density at radius 2 is 1.88 bits per heavy atom. The van der Waals surface area contributed by atoms with Crippen molar-refractivity contribution in [3.8, 4) is 17.6 Å². The molecule has 0 bridgehead atoms. The lowest BCUT2D eigenvalue weighted by Crippen LogP contribution is -2.38. The van der Waals surface area contributed by atoms with Crippen molar-refractivity contribution < 1.29 is 14.3 Å². The Morgan fingerprint density at radius 1 is 1.16 bits per heavy atom. The van der Waals surface area contributed by atoms with Crippen LogP contribution < -0.4 is 14.8 Å². The standard InChI is InChI=1S/C26H25ClN2O3/c1-4-32-23-10-7-17(13-24(23)31-3)25-20(14-28)15(2)29-21-11-18(12-22(30)26(21)25)16-5-8-19(27)9-6-16/h5-10,13,18,20,25,29H,2,4,11-12H2,1,3H3. The molecule has 3 atom stereocenters. The minimum atomic E-state index is -0.563. The Balaban J connectivity index is 1.77. The molecule has 1 heterocycles. The number of nitrogens with one attached hydrogen (secondary N) is 1. The fourth-order valence-electron chi connectivity index (χ4n) is 4.68. The van der Waals surface area contributed by atoms with E-state index in [0.717, 1.165) is 16.8 Å². The molecule has 1 aliphatic carbocycles. The van der Waals surface area contributed by atoms with Gasteiger partial charge in [-0.2, -0.15) is 5.26 Å². The van der Waals surface area contributed by atoms with Crippen molar-refractivity contribution in [3.05, 3.63) is 82.2 Å². The second kappa shape index (κ2) is 9.10. The molecule has 0 aromatic heterocycles. The van der Waals surface area contributed by atoms with E-state index in [2.05, 4.69) is 18.0 Å². The number of ether oxygens (including phenoxy) is 2. The Hall–Kier alpha value is -3.23. The Kier molecular flexibility index (Phi) is 6.25. The molecule has 4 rings (SSSR count). The zero-order valence-corrected chi connectivity index (χ0v) is 18.9. The highest BCUT2D eigenvalue weighted by Crippen LogP contribution is 2.47. The average molecular weight is 449 g/mol. The van der Waals surface area contributed by atoms with E-state index in [1.165, 1.54) is 0 Å². The van der Waals surface area contributed by atoms with Crippen molar-refractivity contribution in [2.45, 2.75) is 31.6 Å². The summed E-state index contributed by atoms with van der Waals surface area (Å²) in [6.45, 7) is 6.53. The quantitative estimate of drug-likeness (QED) is 0.654. The fourth-order valence-corrected chi connectivity index (χ4v) is 4.81. The second-order valence-corrected chi connectivity index (χ2v) is 8.49. The predicted molar refractivity (Wildman–Crippen MR) is 124 cm³/mol. The Labute approximate surface area is 193 Å². The van der Waals surface area contributed by atoms with Crippen molar-refractivity contribution in [1.82, 2.24) is 5.32 Å². The van der Waals surface area contributed by atoms with E-state index < -0.39 is 11.8 Å². The molecule has 0 radical (unpaired) electrons. The average Bonchev–Trinajstić information content (AvgIpc) is 2.79. The lowest BCUT2D eigenvalue weighted by Gasteiger charge is -2.38. The van der Waals surface area contributed by atoms with Gasteiger partial charge in [-0.05, 0) is 54.7 Å². The first-order valence-electron chi connectivity index (χ1n) is 10.6. The molecule has 1 aliphatic heterocycles. The highest BCUT2D eigenvalue weighted by atomic mass is 35.5. The van der Waals surface area contributed by atoms with Crippen LogP contribution in [0.1, 0.15) is 42.7 Å². The summed E-state index contributed by atoms with van der Waals surface area (Å²) in [7, 11) is 1.58. The van der Waals surface area contributed by atoms with Crippen molar-refractivity contribution in [3.63, 3.8) is 0 Å². The zero-order valence-electron chi connectivity index (χ0n) is 18.2. The molecule has 0 saturated carbocycles. The number of allylic oxidation sites excluding steroid dienone is 3. The van der Waals surface area contributed by atoms with Crippen LogP contribution >= 0.6 is 11.6 Å². The summed E-state index contributed by atoms with van der Waals surface area (Å²) < 4.78 is 11.2. The topological polar surface area (TPSA) is 71.3 Å². The maximum absolute atomic E-state index is 13.4. The van der Waals surface area contributed by atoms with E-state index in [1.807, 2.05) is 49.4 Å². The summed E-state index contributed by atoms with van der Waals surface area (Å²) in [5.74, 6) is 0.332. The van der Waals surface area contributed by atoms with Crippen molar-refractivity contribution >= 4 is 17.4 Å². The lowest BCUT2D eigenvalue weighted by molar-refractivity contribution is -0.116. The number of carbonyl (C=O) groups excluding carboxylic acids is 1. The molecular formula is C26H25ClN2O3. The van der Waals surface area contributed by atoms with E-state index in [9.17, 15) is 10.1 Å². The van der Waals surface area contributed by atoms with Crippen molar-refractivity contribution in [1.29, 1.82) is 5.26 Å². The largest absolute Gasteiger partial charge is 0.493 e. The number of ketones is 1. The van der Waals surface area contributed by atoms with Crippen LogP contribution in [0.2, 0.25) is 5.02 Å². The number of halogens is 1. The SMILES string of the molecule is C=C1NC2=C(C(=O)CC(c3ccc(Cl)cc3)C2)C(c2ccc(OCC)c(OC)c2)C1C#N. The van der Waals surface area contributed by atoms with Crippen LogP contribution in [-0.4, -0.2) is 19.5 Å². The molecule has 2 aromatic carbocycles. The summed E-state index contributed by atoms with van der Waals surface area (Å²) in [6.07, 6.45) is 1.06. The number of rotatable bonds is 5. The molecule has 0 spiro atoms. The minimum absolute atomic E-state index is 0.0456. The highest BCUT2D eigenvalue weighted by molar-refractivity contribution is 6.30. The molecule has 5 nitrogen and oxygen atoms in total. The first-order valence-corrected chi connectivity index (χ1v) is 11.0. The number of benzene rings is 2. The minimum Gasteiger partial charge on any atom is -0.493 e. The Bertz CT molecular complexity index is 1130. The van der Waals surface area contributed by atoms with Crippen LogP contribution in [0.4, 0.5) is 0 Å². The van der Waals surface area contributed by atoms with E-state index in [1.54, 1.807) is 7.11 Å². The molecule has 0 fully saturated rings. The number of hydrogen-bond acceptors (Lipinski definition) is 5. The van der Waals surface area contributed by atoms with Crippen LogP contribution in [0.3, 0.4) is 0 Å². The number of carbonyl (C=O) groups is 1. The van der Waals surface area contributed by atoms with Crippen LogP contribution in [-0.2, 0) is 4.79 Å². The van der Waals surface area contributed by atoms with Gasteiger partial charge in [0.15, 0.2) is 17.3 Å². The van der Waals surface area contributed by atoms with Gasteiger partial charge in [-0.3, -0.25) is 4.79 Å². The van der Waals surface area contributed by atoms with Crippen molar-refractivity contribution in [2.75, 3.05) is 13.7 Å². The normalized spacial score (nSPS) is 22.6. The summed E-state index contributed by atoms with van der Waals surface area (Å²) in [5, 5.41) is 13.9. The first-order chi connectivity index (χ1) is 15.5. The molecule has 1 N–H and O–H groups in total. The van der Waals surface area contributed by atoms with Gasteiger partial charge in [-0.25, -0.2) is 0 Å². The smallest absolute Gasteiger partial charge is 0.161 e. The van der Waals surface area contributed by atoms with E-state index in [-0.39, 0.29) is 11.7 Å². The fraction of sp³-hybridized carbons (Fsp3) is 0.308. The number of hydrogen-bond donors (Lipinski definition) is 1. The summed E-state index contributed by atoms with van der Waals surface area (Å²) in [5.41, 5.74) is 4.03. The zero-order chi connectivity index (χ0) is 22.8. The third-order valence-corrected chi connectivity index (χ3v) is 6.42. The van der Waals surface area contributed by atoms with Gasteiger partial charge in [0, 0.05) is 34.3 Å². The molecule has 6 heteroatoms. The van der Waals surface area contributed by atoms with Gasteiger partial charge in [-0.15, -0.1) is 0 Å². The summed E-state index contributed by atoms with van der Waals surface area (Å²) >= 11 is 6.03. The van der Waals surface area contributed by atoms with Gasteiger partial charge in [0.25, 0.3) is 0 Å². The molecular weight excluding hydrogens is 424 g/mol. The molecule has 0 amide bonds. The molecule has 164 valence electrons. The van der Waals surface area contributed by atoms with E-state index in [0.29, 0.717) is 47.2 Å². The third kappa shape index (κ3) is 3.99. The molecule has 2 aliphatic rings. The summed E-state index contributed by atoms with van der Waals surface area (Å²) in [6, 6.07) is 15.6. The van der Waals surface area contributed by atoms with Crippen LogP contribution in [0.25, 0.3) is 0 Å². The number of methoxy groups -OCH3 is 1. The van der Waals surface area contributed by atoms with E-state index >= 15 is 0 Å². The maximum atomic E-state index is 13.4. The van der Waals surface area contributed by atoms with Crippen LogP contribution in [0.5, 0.6) is 11.5 Å². The van der Waals surface area contributed by atoms with Gasteiger partial charge in [0.05, 0.1) is 25.7 Å². The second-order valence-electron chi connectivity index (χ2n) is 8.05. The van der Waals surface area contributed by atoms with Gasteiger partial charge in [-0.1, -0.05) is 36.4 Å². The lowest BCUT2D eigenvalue weighted by atomic mass is 9.69. The number of Topliss-reactive ketones (excluding diaryl/α,β-unsaturated/α-hetero) is 1. The van der Waals surface area contributed by atoms with Crippen LogP contribution in [0, 0.1) is 17.2 Å². The Morgan fingerprint density at radius 3 is 2.53 bits per heavy atom. The van der Waals surface area contributed by atoms with Gasteiger partial charge >= 0.3 is 0 Å². The number of nitrogens with zero attached hydrogens (tertiary/aromatic N) is 1. The molecule has 0 saturated heterocycles. The first kappa shape index (κ1) is 22.0. The van der Waals surface area contributed by atoms with Gasteiger partial charge < -0.3 is 14.8 Å². The summed E-state index contributed by atoms with van der Waals surface area (Å²) in [4.78, 5) is 13.4. The molecule has 2 aromatic rings. The molecule has 3 unspecified atom stereocenters.